The Labute approximate surface area is 116 Å². The molecule has 100 valence electrons. The van der Waals surface area contributed by atoms with Crippen molar-refractivity contribution in [3.05, 3.63) is 27.7 Å². The zero-order valence-electron chi connectivity index (χ0n) is 10.3. The third-order valence-corrected chi connectivity index (χ3v) is 3.15. The van der Waals surface area contributed by atoms with E-state index in [4.69, 9.17) is 34.0 Å². The Morgan fingerprint density at radius 1 is 1.39 bits per heavy atom. The number of anilines is 1. The highest BCUT2D eigenvalue weighted by atomic mass is 35.5. The number of ketones is 1. The molecule has 4 nitrogen and oxygen atoms in total. The first-order chi connectivity index (χ1) is 8.26. The third kappa shape index (κ3) is 3.85. The highest BCUT2D eigenvalue weighted by molar-refractivity contribution is 6.39. The molecule has 0 bridgehead atoms. The van der Waals surface area contributed by atoms with Crippen molar-refractivity contribution in [2.24, 2.45) is 0 Å². The third-order valence-electron chi connectivity index (χ3n) is 2.52. The quantitative estimate of drug-likeness (QED) is 0.574. The Morgan fingerprint density at radius 2 is 1.89 bits per heavy atom. The van der Waals surface area contributed by atoms with E-state index in [0.29, 0.717) is 5.56 Å². The SMILES string of the molecule is CC(C)(CO)NCC(=O)c1cc(Cl)c(N)c(Cl)c1. The van der Waals surface area contributed by atoms with Crippen LogP contribution in [0, 0.1) is 0 Å². The molecule has 4 N–H and O–H groups in total. The van der Waals surface area contributed by atoms with Gasteiger partial charge in [0.25, 0.3) is 0 Å². The van der Waals surface area contributed by atoms with Crippen LogP contribution in [0.25, 0.3) is 0 Å². The molecule has 1 aromatic rings. The molecular weight excluding hydrogens is 275 g/mol. The number of hydrogen-bond donors (Lipinski definition) is 3. The summed E-state index contributed by atoms with van der Waals surface area (Å²) in [6.45, 7) is 3.61. The molecule has 0 aliphatic carbocycles. The average molecular weight is 291 g/mol. The second-order valence-corrected chi connectivity index (χ2v) is 5.49. The van der Waals surface area contributed by atoms with E-state index in [1.54, 1.807) is 13.8 Å². The van der Waals surface area contributed by atoms with E-state index in [0.717, 1.165) is 0 Å². The van der Waals surface area contributed by atoms with E-state index >= 15 is 0 Å². The van der Waals surface area contributed by atoms with E-state index in [-0.39, 0.29) is 34.7 Å². The molecule has 0 saturated heterocycles. The van der Waals surface area contributed by atoms with Crippen LogP contribution in [0.1, 0.15) is 24.2 Å². The predicted octanol–water partition coefficient (Wildman–Crippen LogP) is 2.12. The number of nitrogen functional groups attached to an aromatic ring is 1. The number of rotatable bonds is 5. The minimum absolute atomic E-state index is 0.0659. The van der Waals surface area contributed by atoms with E-state index in [9.17, 15) is 4.79 Å². The van der Waals surface area contributed by atoms with Crippen molar-refractivity contribution in [2.45, 2.75) is 19.4 Å². The number of aliphatic hydroxyl groups excluding tert-OH is 1. The molecule has 18 heavy (non-hydrogen) atoms. The Bertz CT molecular complexity index is 438. The van der Waals surface area contributed by atoms with Crippen LogP contribution in [0.2, 0.25) is 10.0 Å². The minimum Gasteiger partial charge on any atom is -0.396 e. The van der Waals surface area contributed by atoms with Crippen molar-refractivity contribution in [3.63, 3.8) is 0 Å². The molecule has 0 spiro atoms. The molecule has 1 rings (SSSR count). The zero-order valence-corrected chi connectivity index (χ0v) is 11.8. The first kappa shape index (κ1) is 15.2. The number of nitrogens with two attached hydrogens (primary N) is 1. The second kappa shape index (κ2) is 5.89. The Balaban J connectivity index is 2.80. The number of benzene rings is 1. The number of carbonyl (C=O) groups excluding carboxylic acids is 1. The number of Topliss-reactive ketones (excluding diaryl/α,β-unsaturated/α-hetero) is 1. The summed E-state index contributed by atoms with van der Waals surface area (Å²) in [6, 6.07) is 2.97. The smallest absolute Gasteiger partial charge is 0.176 e. The molecule has 0 aliphatic rings. The van der Waals surface area contributed by atoms with Gasteiger partial charge in [-0.1, -0.05) is 23.2 Å². The predicted molar refractivity (Wildman–Crippen MR) is 74.4 cm³/mol. The number of carbonyl (C=O) groups is 1. The number of halogens is 2. The zero-order chi connectivity index (χ0) is 13.9. The number of hydrogen-bond acceptors (Lipinski definition) is 4. The van der Waals surface area contributed by atoms with Crippen LogP contribution >= 0.6 is 23.2 Å². The summed E-state index contributed by atoms with van der Waals surface area (Å²) in [4.78, 5) is 11.9. The van der Waals surface area contributed by atoms with Crippen molar-refractivity contribution in [1.82, 2.24) is 5.32 Å². The summed E-state index contributed by atoms with van der Waals surface area (Å²) in [7, 11) is 0. The van der Waals surface area contributed by atoms with Gasteiger partial charge >= 0.3 is 0 Å². The molecule has 0 fully saturated rings. The fraction of sp³-hybridized carbons (Fsp3) is 0.417. The van der Waals surface area contributed by atoms with E-state index in [1.165, 1.54) is 12.1 Å². The van der Waals surface area contributed by atoms with Crippen molar-refractivity contribution in [3.8, 4) is 0 Å². The normalized spacial score (nSPS) is 11.6. The lowest BCUT2D eigenvalue weighted by atomic mass is 10.1. The number of nitrogens with one attached hydrogen (secondary N) is 1. The molecule has 1 aromatic carbocycles. The van der Waals surface area contributed by atoms with Gasteiger partial charge in [0.1, 0.15) is 0 Å². The van der Waals surface area contributed by atoms with Crippen LogP contribution in [-0.2, 0) is 0 Å². The van der Waals surface area contributed by atoms with Gasteiger partial charge in [0.2, 0.25) is 0 Å². The molecule has 0 heterocycles. The molecule has 0 saturated carbocycles. The first-order valence-electron chi connectivity index (χ1n) is 5.40. The molecule has 0 atom stereocenters. The van der Waals surface area contributed by atoms with Gasteiger partial charge in [0.15, 0.2) is 5.78 Å². The summed E-state index contributed by atoms with van der Waals surface area (Å²) in [6.07, 6.45) is 0. The van der Waals surface area contributed by atoms with Crippen LogP contribution in [-0.4, -0.2) is 29.6 Å². The first-order valence-corrected chi connectivity index (χ1v) is 6.16. The van der Waals surface area contributed by atoms with E-state index < -0.39 is 5.54 Å². The summed E-state index contributed by atoms with van der Waals surface area (Å²) >= 11 is 11.7. The van der Waals surface area contributed by atoms with Crippen LogP contribution in [0.3, 0.4) is 0 Å². The maximum Gasteiger partial charge on any atom is 0.176 e. The highest BCUT2D eigenvalue weighted by Gasteiger charge is 2.18. The summed E-state index contributed by atoms with van der Waals surface area (Å²) in [5, 5.41) is 12.5. The standard InChI is InChI=1S/C12H16Cl2N2O2/c1-12(2,6-17)16-5-10(18)7-3-8(13)11(15)9(14)4-7/h3-4,16-17H,5-6,15H2,1-2H3. The lowest BCUT2D eigenvalue weighted by Gasteiger charge is -2.23. The van der Waals surface area contributed by atoms with Crippen LogP contribution in [0.5, 0.6) is 0 Å². The number of aliphatic hydroxyl groups is 1. The van der Waals surface area contributed by atoms with Crippen molar-refractivity contribution >= 4 is 34.7 Å². The maximum atomic E-state index is 11.9. The fourth-order valence-electron chi connectivity index (χ4n) is 1.22. The molecular formula is C12H16Cl2N2O2. The van der Waals surface area contributed by atoms with Crippen molar-refractivity contribution in [2.75, 3.05) is 18.9 Å². The monoisotopic (exact) mass is 290 g/mol. The largest absolute Gasteiger partial charge is 0.396 e. The summed E-state index contributed by atoms with van der Waals surface area (Å²) in [5.41, 5.74) is 5.73. The molecule has 0 radical (unpaired) electrons. The van der Waals surface area contributed by atoms with Crippen LogP contribution in [0.15, 0.2) is 12.1 Å². The fourth-order valence-corrected chi connectivity index (χ4v) is 1.71. The van der Waals surface area contributed by atoms with Gasteiger partial charge in [-0.25, -0.2) is 0 Å². The molecule has 0 amide bonds. The molecule has 0 unspecified atom stereocenters. The van der Waals surface area contributed by atoms with Crippen LogP contribution in [0.4, 0.5) is 5.69 Å². The van der Waals surface area contributed by atoms with Gasteiger partial charge < -0.3 is 16.2 Å². The topological polar surface area (TPSA) is 75.3 Å². The van der Waals surface area contributed by atoms with E-state index in [2.05, 4.69) is 5.32 Å². The Hall–Kier alpha value is -0.810. The minimum atomic E-state index is -0.517. The molecule has 0 aliphatic heterocycles. The summed E-state index contributed by atoms with van der Waals surface area (Å²) < 4.78 is 0. The van der Waals surface area contributed by atoms with Gasteiger partial charge in [-0.15, -0.1) is 0 Å². The molecule has 0 aromatic heterocycles. The Morgan fingerprint density at radius 3 is 2.33 bits per heavy atom. The van der Waals surface area contributed by atoms with Gasteiger partial charge in [-0.05, 0) is 26.0 Å². The van der Waals surface area contributed by atoms with Gasteiger partial charge in [0.05, 0.1) is 28.9 Å². The molecule has 6 heteroatoms. The second-order valence-electron chi connectivity index (χ2n) is 4.67. The van der Waals surface area contributed by atoms with Gasteiger partial charge in [0, 0.05) is 11.1 Å². The Kier molecular flexibility index (Phi) is 4.99. The van der Waals surface area contributed by atoms with E-state index in [1.807, 2.05) is 0 Å². The van der Waals surface area contributed by atoms with Crippen molar-refractivity contribution < 1.29 is 9.90 Å². The average Bonchev–Trinajstić information content (AvgIpc) is 2.32. The maximum absolute atomic E-state index is 11.9. The lowest BCUT2D eigenvalue weighted by Crippen LogP contribution is -2.45. The van der Waals surface area contributed by atoms with Crippen molar-refractivity contribution in [1.29, 1.82) is 0 Å². The lowest BCUT2D eigenvalue weighted by molar-refractivity contribution is 0.0968. The van der Waals surface area contributed by atoms with Crippen LogP contribution < -0.4 is 11.1 Å². The van der Waals surface area contributed by atoms with Gasteiger partial charge in [-0.3, -0.25) is 4.79 Å². The summed E-state index contributed by atoms with van der Waals surface area (Å²) in [5.74, 6) is -0.166. The highest BCUT2D eigenvalue weighted by Crippen LogP contribution is 2.28. The van der Waals surface area contributed by atoms with Gasteiger partial charge in [-0.2, -0.15) is 0 Å².